The summed E-state index contributed by atoms with van der Waals surface area (Å²) in [4.78, 5) is 17.4. The molecule has 0 saturated heterocycles. The van der Waals surface area contributed by atoms with Crippen LogP contribution in [0.2, 0.25) is 0 Å². The Morgan fingerprint density at radius 3 is 2.74 bits per heavy atom. The number of anilines is 2. The van der Waals surface area contributed by atoms with E-state index in [0.29, 0.717) is 21.5 Å². The van der Waals surface area contributed by atoms with Gasteiger partial charge in [0.2, 0.25) is 0 Å². The first-order valence-electron chi connectivity index (χ1n) is 7.18. The number of ether oxygens (including phenoxy) is 1. The fourth-order valence-corrected chi connectivity index (χ4v) is 3.67. The van der Waals surface area contributed by atoms with Crippen LogP contribution < -0.4 is 10.6 Å². The quantitative estimate of drug-likeness (QED) is 0.644. The minimum atomic E-state index is -0.356. The van der Waals surface area contributed by atoms with Gasteiger partial charge in [0, 0.05) is 11.1 Å². The van der Waals surface area contributed by atoms with E-state index >= 15 is 0 Å². The number of thiocarbonyl (C=S) groups is 1. The zero-order chi connectivity index (χ0) is 17.0. The number of methoxy groups -OCH3 is 1. The van der Waals surface area contributed by atoms with E-state index in [0.717, 1.165) is 22.4 Å². The first-order valence-corrected chi connectivity index (χ1v) is 8.40. The number of hydrogen-bond acceptors (Lipinski definition) is 5. The second kappa shape index (κ2) is 7.52. The van der Waals surface area contributed by atoms with E-state index in [4.69, 9.17) is 17.0 Å². The van der Waals surface area contributed by atoms with Gasteiger partial charge >= 0.3 is 5.97 Å². The Morgan fingerprint density at radius 1 is 1.39 bits per heavy atom. The molecule has 2 aromatic rings. The maximum atomic E-state index is 12.1. The maximum absolute atomic E-state index is 12.1. The third-order valence-electron chi connectivity index (χ3n) is 3.42. The maximum Gasteiger partial charge on any atom is 0.341 e. The highest BCUT2D eigenvalue weighted by atomic mass is 32.1. The summed E-state index contributed by atoms with van der Waals surface area (Å²) in [6, 6.07) is 3.81. The Hall–Kier alpha value is -1.99. The van der Waals surface area contributed by atoms with Crippen molar-refractivity contribution in [3.05, 3.63) is 39.9 Å². The molecule has 2 rings (SSSR count). The summed E-state index contributed by atoms with van der Waals surface area (Å²) in [6.07, 6.45) is 2.45. The summed E-state index contributed by atoms with van der Waals surface area (Å²) in [6.45, 7) is 5.95. The SMILES string of the molecule is CCc1c(C)sc(NC(=S)Nc2ncccc2C)c1C(=O)OC. The number of rotatable bonds is 4. The summed E-state index contributed by atoms with van der Waals surface area (Å²) in [5.74, 6) is 0.333. The van der Waals surface area contributed by atoms with E-state index in [9.17, 15) is 4.79 Å². The lowest BCUT2D eigenvalue weighted by Crippen LogP contribution is -2.21. The second-order valence-corrected chi connectivity index (χ2v) is 6.57. The fraction of sp³-hybridized carbons (Fsp3) is 0.312. The number of pyridine rings is 1. The summed E-state index contributed by atoms with van der Waals surface area (Å²) in [5.41, 5.74) is 2.53. The third kappa shape index (κ3) is 3.86. The molecule has 2 N–H and O–H groups in total. The number of nitrogens with zero attached hydrogens (tertiary/aromatic N) is 1. The normalized spacial score (nSPS) is 10.3. The number of carbonyl (C=O) groups excluding carboxylic acids is 1. The minimum absolute atomic E-state index is 0.356. The topological polar surface area (TPSA) is 63.2 Å². The van der Waals surface area contributed by atoms with Gasteiger partial charge in [-0.1, -0.05) is 13.0 Å². The molecule has 0 fully saturated rings. The number of carbonyl (C=O) groups is 1. The average molecular weight is 349 g/mol. The number of aryl methyl sites for hydroxylation is 2. The van der Waals surface area contributed by atoms with Crippen molar-refractivity contribution in [1.29, 1.82) is 0 Å². The van der Waals surface area contributed by atoms with Crippen LogP contribution in [0.5, 0.6) is 0 Å². The van der Waals surface area contributed by atoms with Crippen molar-refractivity contribution >= 4 is 45.5 Å². The smallest absolute Gasteiger partial charge is 0.341 e. The van der Waals surface area contributed by atoms with Crippen molar-refractivity contribution in [3.8, 4) is 0 Å². The number of hydrogen-bond donors (Lipinski definition) is 2. The Morgan fingerprint density at radius 2 is 2.13 bits per heavy atom. The molecule has 0 aliphatic heterocycles. The van der Waals surface area contributed by atoms with E-state index in [1.54, 1.807) is 6.20 Å². The van der Waals surface area contributed by atoms with Crippen molar-refractivity contribution in [2.24, 2.45) is 0 Å². The molecule has 0 bridgehead atoms. The summed E-state index contributed by atoms with van der Waals surface area (Å²) >= 11 is 6.83. The second-order valence-electron chi connectivity index (χ2n) is 4.93. The van der Waals surface area contributed by atoms with Gasteiger partial charge in [0.25, 0.3) is 0 Å². The molecular formula is C16H19N3O2S2. The summed E-state index contributed by atoms with van der Waals surface area (Å²) in [7, 11) is 1.38. The van der Waals surface area contributed by atoms with E-state index < -0.39 is 0 Å². The third-order valence-corrected chi connectivity index (χ3v) is 4.69. The van der Waals surface area contributed by atoms with Crippen molar-refractivity contribution in [2.75, 3.05) is 17.7 Å². The lowest BCUT2D eigenvalue weighted by Gasteiger charge is -2.11. The van der Waals surface area contributed by atoms with E-state index in [2.05, 4.69) is 15.6 Å². The van der Waals surface area contributed by atoms with E-state index in [1.807, 2.05) is 32.9 Å². The largest absolute Gasteiger partial charge is 0.465 e. The molecule has 0 spiro atoms. The van der Waals surface area contributed by atoms with Crippen LogP contribution in [0, 0.1) is 13.8 Å². The highest BCUT2D eigenvalue weighted by molar-refractivity contribution is 7.80. The van der Waals surface area contributed by atoms with Gasteiger partial charge in [-0.15, -0.1) is 11.3 Å². The lowest BCUT2D eigenvalue weighted by molar-refractivity contribution is 0.0601. The van der Waals surface area contributed by atoms with E-state index in [-0.39, 0.29) is 5.97 Å². The molecule has 23 heavy (non-hydrogen) atoms. The minimum Gasteiger partial charge on any atom is -0.465 e. The number of thiophene rings is 1. The Labute approximate surface area is 145 Å². The fourth-order valence-electron chi connectivity index (χ4n) is 2.27. The van der Waals surface area contributed by atoms with Gasteiger partial charge in [-0.3, -0.25) is 0 Å². The van der Waals surface area contributed by atoms with Gasteiger partial charge in [0.1, 0.15) is 10.8 Å². The zero-order valence-electron chi connectivity index (χ0n) is 13.5. The van der Waals surface area contributed by atoms with Gasteiger partial charge in [-0.05, 0) is 49.7 Å². The van der Waals surface area contributed by atoms with Gasteiger partial charge in [-0.2, -0.15) is 0 Å². The molecule has 2 heterocycles. The summed E-state index contributed by atoms with van der Waals surface area (Å²) in [5, 5.41) is 7.23. The van der Waals surface area contributed by atoms with Crippen LogP contribution in [0.4, 0.5) is 10.8 Å². The van der Waals surface area contributed by atoms with Crippen molar-refractivity contribution in [1.82, 2.24) is 4.98 Å². The average Bonchev–Trinajstić information content (AvgIpc) is 2.83. The van der Waals surface area contributed by atoms with Crippen LogP contribution >= 0.6 is 23.6 Å². The molecule has 122 valence electrons. The summed E-state index contributed by atoms with van der Waals surface area (Å²) < 4.78 is 4.90. The van der Waals surface area contributed by atoms with Crippen LogP contribution in [0.25, 0.3) is 0 Å². The monoisotopic (exact) mass is 349 g/mol. The Balaban J connectivity index is 2.24. The molecular weight excluding hydrogens is 330 g/mol. The molecule has 0 aliphatic carbocycles. The molecule has 0 aliphatic rings. The van der Waals surface area contributed by atoms with Gasteiger partial charge < -0.3 is 15.4 Å². The first kappa shape index (κ1) is 17.4. The van der Waals surface area contributed by atoms with E-state index in [1.165, 1.54) is 18.4 Å². The molecule has 0 unspecified atom stereocenters. The number of esters is 1. The Bertz CT molecular complexity index is 741. The molecule has 0 saturated carbocycles. The molecule has 0 aromatic carbocycles. The molecule has 0 amide bonds. The molecule has 0 radical (unpaired) electrons. The highest BCUT2D eigenvalue weighted by Gasteiger charge is 2.22. The van der Waals surface area contributed by atoms with Gasteiger partial charge in [0.05, 0.1) is 12.7 Å². The zero-order valence-corrected chi connectivity index (χ0v) is 15.2. The van der Waals surface area contributed by atoms with Crippen molar-refractivity contribution in [2.45, 2.75) is 27.2 Å². The van der Waals surface area contributed by atoms with Gasteiger partial charge in [0.15, 0.2) is 5.11 Å². The first-order chi connectivity index (χ1) is 11.0. The predicted molar refractivity (Wildman–Crippen MR) is 98.6 cm³/mol. The van der Waals surface area contributed by atoms with Crippen LogP contribution in [0.1, 0.15) is 33.3 Å². The van der Waals surface area contributed by atoms with Crippen LogP contribution in [-0.4, -0.2) is 23.2 Å². The number of aromatic nitrogens is 1. The van der Waals surface area contributed by atoms with Crippen molar-refractivity contribution in [3.63, 3.8) is 0 Å². The molecule has 5 nitrogen and oxygen atoms in total. The molecule has 2 aromatic heterocycles. The predicted octanol–water partition coefficient (Wildman–Crippen LogP) is 3.92. The standard InChI is InChI=1S/C16H19N3O2S2/c1-5-11-10(3)23-14(12(11)15(20)21-4)19-16(22)18-13-9(2)7-6-8-17-13/h6-8H,5H2,1-4H3,(H2,17,18,19,22). The van der Waals surface area contributed by atoms with Crippen LogP contribution in [0.3, 0.4) is 0 Å². The molecule has 0 atom stereocenters. The van der Waals surface area contributed by atoms with Crippen LogP contribution in [0.15, 0.2) is 18.3 Å². The number of nitrogens with one attached hydrogen (secondary N) is 2. The highest BCUT2D eigenvalue weighted by Crippen LogP contribution is 2.34. The van der Waals surface area contributed by atoms with Crippen molar-refractivity contribution < 1.29 is 9.53 Å². The van der Waals surface area contributed by atoms with Crippen LogP contribution in [-0.2, 0) is 11.2 Å². The van der Waals surface area contributed by atoms with Gasteiger partial charge in [-0.25, -0.2) is 9.78 Å². The Kier molecular flexibility index (Phi) is 5.68. The lowest BCUT2D eigenvalue weighted by atomic mass is 10.1. The molecule has 7 heteroatoms.